The van der Waals surface area contributed by atoms with Crippen LogP contribution in [0, 0.1) is 0 Å². The van der Waals surface area contributed by atoms with Gasteiger partial charge in [0.25, 0.3) is 6.09 Å². The average molecular weight is 619 g/mol. The average Bonchev–Trinajstić information content (AvgIpc) is 3.21. The number of aldehydes is 1. The first-order valence-corrected chi connectivity index (χ1v) is 16.4. The van der Waals surface area contributed by atoms with Gasteiger partial charge < -0.3 is 34.9 Å². The molecule has 4 heterocycles. The van der Waals surface area contributed by atoms with Crippen molar-refractivity contribution < 1.29 is 29.1 Å². The molecule has 4 aliphatic rings. The van der Waals surface area contributed by atoms with Crippen molar-refractivity contribution in [1.29, 1.82) is 0 Å². The maximum absolute atomic E-state index is 13.6. The van der Waals surface area contributed by atoms with Gasteiger partial charge in [0.2, 0.25) is 0 Å². The van der Waals surface area contributed by atoms with E-state index in [0.29, 0.717) is 44.9 Å². The summed E-state index contributed by atoms with van der Waals surface area (Å²) < 4.78 is -0.415. The summed E-state index contributed by atoms with van der Waals surface area (Å²) in [6.07, 6.45) is 2.95. The van der Waals surface area contributed by atoms with Gasteiger partial charge in [-0.1, -0.05) is 18.2 Å². The predicted molar refractivity (Wildman–Crippen MR) is 168 cm³/mol. The zero-order valence-electron chi connectivity index (χ0n) is 26.3. The zero-order valence-corrected chi connectivity index (χ0v) is 26.3. The van der Waals surface area contributed by atoms with Gasteiger partial charge in [0.1, 0.15) is 18.6 Å². The molecule has 2 N–H and O–H groups in total. The van der Waals surface area contributed by atoms with E-state index in [9.17, 15) is 24.6 Å². The molecule has 0 aliphatic carbocycles. The molecular formula is C34H46N6O5. The van der Waals surface area contributed by atoms with E-state index in [1.807, 2.05) is 29.2 Å². The van der Waals surface area contributed by atoms with Crippen molar-refractivity contribution in [3.63, 3.8) is 0 Å². The molecule has 2 aromatic carbocycles. The summed E-state index contributed by atoms with van der Waals surface area (Å²) in [4.78, 5) is 48.8. The molecule has 45 heavy (non-hydrogen) atoms. The first-order valence-electron chi connectivity index (χ1n) is 16.4. The molecule has 0 spiro atoms. The number of carbonyl (C=O) groups is 3. The number of para-hydroxylation sites is 1. The molecule has 3 amide bonds. The topological polar surface area (TPSA) is 119 Å². The Labute approximate surface area is 265 Å². The zero-order chi connectivity index (χ0) is 31.6. The normalized spacial score (nSPS) is 29.0. The quantitative estimate of drug-likeness (QED) is 0.359. The molecule has 0 bridgehead atoms. The second kappa shape index (κ2) is 13.1. The molecule has 242 valence electrons. The van der Waals surface area contributed by atoms with E-state index < -0.39 is 16.2 Å². The van der Waals surface area contributed by atoms with E-state index in [1.54, 1.807) is 24.3 Å². The van der Waals surface area contributed by atoms with Crippen LogP contribution in [0.3, 0.4) is 0 Å². The van der Waals surface area contributed by atoms with Crippen molar-refractivity contribution in [3.05, 3.63) is 59.7 Å². The Morgan fingerprint density at radius 1 is 1.00 bits per heavy atom. The second-order valence-corrected chi connectivity index (χ2v) is 13.4. The lowest BCUT2D eigenvalue weighted by atomic mass is 9.81. The number of anilines is 1. The van der Waals surface area contributed by atoms with Crippen LogP contribution in [0.25, 0.3) is 0 Å². The number of likely N-dealkylation sites (N-methyl/N-ethyl adjacent to an activating group) is 1. The Kier molecular flexibility index (Phi) is 9.15. The van der Waals surface area contributed by atoms with Crippen molar-refractivity contribution in [2.75, 3.05) is 64.7 Å². The fourth-order valence-corrected chi connectivity index (χ4v) is 8.46. The van der Waals surface area contributed by atoms with Crippen LogP contribution in [0.4, 0.5) is 15.3 Å². The van der Waals surface area contributed by atoms with Crippen molar-refractivity contribution in [2.24, 2.45) is 0 Å². The number of quaternary nitrogens is 1. The van der Waals surface area contributed by atoms with Crippen LogP contribution in [0.15, 0.2) is 48.5 Å². The first kappa shape index (κ1) is 31.5. The minimum atomic E-state index is -1.21. The summed E-state index contributed by atoms with van der Waals surface area (Å²) in [7, 11) is 2.15. The van der Waals surface area contributed by atoms with E-state index in [0.717, 1.165) is 62.1 Å². The Balaban J connectivity index is 1.33. The summed E-state index contributed by atoms with van der Waals surface area (Å²) in [6.45, 7) is 6.31. The monoisotopic (exact) mass is 618 g/mol. The SMILES string of the molecule is CN1CCN(C2CCN(C3(CC=O)CC(N4CCc5ccccc5NC4=O)CC[N@+]3(Cc3ccc(O)cc3)C(=O)[O-])CC2)CC1. The highest BCUT2D eigenvalue weighted by molar-refractivity contribution is 5.91. The van der Waals surface area contributed by atoms with E-state index >= 15 is 0 Å². The molecule has 2 unspecified atom stereocenters. The molecule has 0 radical (unpaired) electrons. The van der Waals surface area contributed by atoms with Crippen LogP contribution in [-0.2, 0) is 17.8 Å². The minimum Gasteiger partial charge on any atom is -0.508 e. The van der Waals surface area contributed by atoms with E-state index in [2.05, 4.69) is 27.1 Å². The maximum atomic E-state index is 13.6. The van der Waals surface area contributed by atoms with Crippen LogP contribution in [0.5, 0.6) is 5.75 Å². The minimum absolute atomic E-state index is 0.0183. The number of phenols is 1. The molecular weight excluding hydrogens is 572 g/mol. The van der Waals surface area contributed by atoms with Gasteiger partial charge in [-0.2, -0.15) is 0 Å². The van der Waals surface area contributed by atoms with Gasteiger partial charge in [0.15, 0.2) is 5.66 Å². The Morgan fingerprint density at radius 2 is 1.71 bits per heavy atom. The third kappa shape index (κ3) is 6.06. The lowest BCUT2D eigenvalue weighted by Gasteiger charge is -2.62. The number of phenolic OH excluding ortho intramolecular Hbond substituents is 1. The van der Waals surface area contributed by atoms with Crippen LogP contribution in [-0.4, -0.2) is 125 Å². The third-order valence-corrected chi connectivity index (χ3v) is 11.0. The van der Waals surface area contributed by atoms with Crippen molar-refractivity contribution >= 4 is 24.1 Å². The van der Waals surface area contributed by atoms with Crippen molar-refractivity contribution in [2.45, 2.75) is 62.8 Å². The standard InChI is InChI=1S/C34H46N6O5/c1-36-18-20-37(21-19-36)28-11-15-38(16-12-28)34(14-23-41)24-29(39-17-10-27-4-2-3-5-31(27)35-32(39)43)13-22-40(34,33(44)45)25-26-6-8-30(42)9-7-26/h2-9,23,28-29H,10-22,24-25H2,1H3,(H2-,35,42,43,44,45)/t29?,34?,40-/m0/s1. The van der Waals surface area contributed by atoms with E-state index in [1.165, 1.54) is 0 Å². The van der Waals surface area contributed by atoms with Crippen LogP contribution in [0.2, 0.25) is 0 Å². The number of aromatic hydroxyl groups is 1. The maximum Gasteiger partial charge on any atom is 0.322 e. The molecule has 3 saturated heterocycles. The molecule has 0 saturated carbocycles. The molecule has 0 aromatic heterocycles. The highest BCUT2D eigenvalue weighted by Gasteiger charge is 2.61. The highest BCUT2D eigenvalue weighted by atomic mass is 16.4. The Morgan fingerprint density at radius 3 is 2.40 bits per heavy atom. The summed E-state index contributed by atoms with van der Waals surface area (Å²) >= 11 is 0. The summed E-state index contributed by atoms with van der Waals surface area (Å²) in [6, 6.07) is 14.4. The number of fused-ring (bicyclic) bond motifs is 1. The number of carbonyl (C=O) groups excluding carboxylic acids is 3. The molecule has 4 aliphatic heterocycles. The second-order valence-electron chi connectivity index (χ2n) is 13.4. The van der Waals surface area contributed by atoms with Gasteiger partial charge in [-0.15, -0.1) is 0 Å². The number of hydrogen-bond acceptors (Lipinski definition) is 8. The van der Waals surface area contributed by atoms with Crippen LogP contribution < -0.4 is 10.4 Å². The van der Waals surface area contributed by atoms with Gasteiger partial charge in [-0.25, -0.2) is 4.79 Å². The number of likely N-dealkylation sites (tertiary alicyclic amines) is 2. The number of urea groups is 1. The highest BCUT2D eigenvalue weighted by Crippen LogP contribution is 2.45. The molecule has 6 rings (SSSR count). The molecule has 3 atom stereocenters. The molecule has 11 heteroatoms. The molecule has 3 fully saturated rings. The number of amides is 3. The largest absolute Gasteiger partial charge is 0.508 e. The van der Waals surface area contributed by atoms with Crippen LogP contribution >= 0.6 is 0 Å². The third-order valence-electron chi connectivity index (χ3n) is 11.0. The first-order chi connectivity index (χ1) is 21.7. The van der Waals surface area contributed by atoms with Crippen molar-refractivity contribution in [3.8, 4) is 5.75 Å². The number of nitrogens with one attached hydrogen (secondary N) is 1. The molecule has 11 nitrogen and oxygen atoms in total. The number of piperazine rings is 1. The Hall–Kier alpha value is -3.51. The lowest BCUT2D eigenvalue weighted by Crippen LogP contribution is -2.80. The van der Waals surface area contributed by atoms with Gasteiger partial charge in [-0.05, 0) is 62.2 Å². The smallest absolute Gasteiger partial charge is 0.322 e. The lowest BCUT2D eigenvalue weighted by molar-refractivity contribution is -0.956. The van der Waals surface area contributed by atoms with E-state index in [-0.39, 0.29) is 37.3 Å². The summed E-state index contributed by atoms with van der Waals surface area (Å²) in [5, 5.41) is 26.5. The van der Waals surface area contributed by atoms with Crippen LogP contribution in [0.1, 0.15) is 43.2 Å². The summed E-state index contributed by atoms with van der Waals surface area (Å²) in [5.74, 6) is 0.107. The predicted octanol–water partition coefficient (Wildman–Crippen LogP) is 2.30. The number of benzene rings is 2. The van der Waals surface area contributed by atoms with Gasteiger partial charge in [0.05, 0.1) is 13.0 Å². The summed E-state index contributed by atoms with van der Waals surface area (Å²) in [5.41, 5.74) is 1.52. The number of piperidine rings is 2. The van der Waals surface area contributed by atoms with Gasteiger partial charge >= 0.3 is 6.03 Å². The van der Waals surface area contributed by atoms with E-state index in [4.69, 9.17) is 0 Å². The van der Waals surface area contributed by atoms with Gasteiger partial charge in [-0.3, -0.25) is 14.3 Å². The fourth-order valence-electron chi connectivity index (χ4n) is 8.46. The fraction of sp³-hybridized carbons (Fsp3) is 0.559. The number of carboxylic acid groups (broad SMARTS) is 1. The number of hydrogen-bond donors (Lipinski definition) is 2. The number of rotatable bonds is 7. The number of nitrogens with zero attached hydrogens (tertiary/aromatic N) is 5. The van der Waals surface area contributed by atoms with Crippen molar-refractivity contribution in [1.82, 2.24) is 19.6 Å². The van der Waals surface area contributed by atoms with Gasteiger partial charge in [0, 0.05) is 82.0 Å². The Bertz CT molecular complexity index is 1370. The molecule has 2 aromatic rings.